The third kappa shape index (κ3) is 4.98. The maximum atomic E-state index is 11.7. The number of ether oxygens (including phenoxy) is 2. The second-order valence-corrected chi connectivity index (χ2v) is 9.89. The highest BCUT2D eigenvalue weighted by molar-refractivity contribution is 5.45. The molecule has 34 heavy (non-hydrogen) atoms. The minimum Gasteiger partial charge on any atom is -0.485 e. The van der Waals surface area contributed by atoms with Gasteiger partial charge in [-0.25, -0.2) is 0 Å². The minimum absolute atomic E-state index is 0.400. The number of rotatable bonds is 7. The lowest BCUT2D eigenvalue weighted by Gasteiger charge is -2.47. The number of hydrogen-bond acceptors (Lipinski definition) is 4. The molecule has 2 aliphatic carbocycles. The van der Waals surface area contributed by atoms with Crippen molar-refractivity contribution in [1.82, 2.24) is 0 Å². The van der Waals surface area contributed by atoms with Crippen LogP contribution in [0, 0.1) is 11.8 Å². The second-order valence-electron chi connectivity index (χ2n) is 9.89. The molecule has 0 spiro atoms. The molecule has 5 rings (SSSR count). The van der Waals surface area contributed by atoms with Gasteiger partial charge in [0.15, 0.2) is 11.5 Å². The molecule has 0 unspecified atom stereocenters. The molecular weight excluding hydrogens is 424 g/mol. The van der Waals surface area contributed by atoms with E-state index >= 15 is 0 Å². The van der Waals surface area contributed by atoms with Gasteiger partial charge in [0, 0.05) is 0 Å². The summed E-state index contributed by atoms with van der Waals surface area (Å²) in [6.07, 6.45) is 5.23. The Morgan fingerprint density at radius 2 is 1.32 bits per heavy atom. The van der Waals surface area contributed by atoms with Gasteiger partial charge in [-0.3, -0.25) is 0 Å². The van der Waals surface area contributed by atoms with Crippen molar-refractivity contribution in [3.05, 3.63) is 95.6 Å². The Kier molecular flexibility index (Phi) is 6.89. The largest absolute Gasteiger partial charge is 0.485 e. The summed E-state index contributed by atoms with van der Waals surface area (Å²) in [6, 6.07) is 25.7. The molecule has 3 aromatic rings. The molecule has 2 fully saturated rings. The topological polar surface area (TPSA) is 58.9 Å². The fraction of sp³-hybridized carbons (Fsp3) is 0.400. The SMILES string of the molecule is O[C@H]1C[C@H]2CCCC[C@@H]2C[C@]1(O)c1ccc(OCc2ccccc2)c(OCc2ccccc2)c1. The Hall–Kier alpha value is -2.82. The minimum atomic E-state index is -1.26. The number of benzene rings is 3. The normalized spacial score (nSPS) is 26.5. The predicted molar refractivity (Wildman–Crippen MR) is 133 cm³/mol. The number of aliphatic hydroxyl groups is 2. The van der Waals surface area contributed by atoms with Gasteiger partial charge in [0.05, 0.1) is 6.10 Å². The average molecular weight is 459 g/mol. The van der Waals surface area contributed by atoms with Crippen LogP contribution < -0.4 is 9.47 Å². The first kappa shape index (κ1) is 22.9. The summed E-state index contributed by atoms with van der Waals surface area (Å²) >= 11 is 0. The smallest absolute Gasteiger partial charge is 0.162 e. The van der Waals surface area contributed by atoms with Crippen LogP contribution >= 0.6 is 0 Å². The number of fused-ring (bicyclic) bond motifs is 1. The molecule has 0 amide bonds. The Labute approximate surface area is 202 Å². The lowest BCUT2D eigenvalue weighted by atomic mass is 9.63. The lowest BCUT2D eigenvalue weighted by molar-refractivity contribution is -0.141. The summed E-state index contributed by atoms with van der Waals surface area (Å²) in [6.45, 7) is 0.830. The molecule has 0 heterocycles. The van der Waals surface area contributed by atoms with Crippen LogP contribution in [0.4, 0.5) is 0 Å². The van der Waals surface area contributed by atoms with E-state index in [1.807, 2.05) is 78.9 Å². The third-order valence-electron chi connectivity index (χ3n) is 7.64. The van der Waals surface area contributed by atoms with E-state index in [-0.39, 0.29) is 0 Å². The van der Waals surface area contributed by atoms with Crippen molar-refractivity contribution in [1.29, 1.82) is 0 Å². The molecule has 2 saturated carbocycles. The summed E-state index contributed by atoms with van der Waals surface area (Å²) in [7, 11) is 0. The molecule has 0 bridgehead atoms. The molecule has 0 aromatic heterocycles. The maximum absolute atomic E-state index is 11.7. The quantitative estimate of drug-likeness (QED) is 0.456. The fourth-order valence-corrected chi connectivity index (χ4v) is 5.67. The highest BCUT2D eigenvalue weighted by Gasteiger charge is 2.47. The molecule has 2 aliphatic rings. The van der Waals surface area contributed by atoms with E-state index in [0.717, 1.165) is 24.0 Å². The fourth-order valence-electron chi connectivity index (χ4n) is 5.67. The first-order valence-electron chi connectivity index (χ1n) is 12.5. The summed E-state index contributed by atoms with van der Waals surface area (Å²) in [5.41, 5.74) is 1.58. The lowest BCUT2D eigenvalue weighted by Crippen LogP contribution is -2.48. The van der Waals surface area contributed by atoms with E-state index in [2.05, 4.69) is 0 Å². The van der Waals surface area contributed by atoms with Gasteiger partial charge in [-0.1, -0.05) is 92.4 Å². The van der Waals surface area contributed by atoms with Crippen molar-refractivity contribution in [3.8, 4) is 11.5 Å². The van der Waals surface area contributed by atoms with E-state index in [1.165, 1.54) is 12.8 Å². The molecular formula is C30H34O4. The van der Waals surface area contributed by atoms with Crippen molar-refractivity contribution in [3.63, 3.8) is 0 Å². The molecule has 2 N–H and O–H groups in total. The van der Waals surface area contributed by atoms with Gasteiger partial charge in [0.2, 0.25) is 0 Å². The molecule has 4 nitrogen and oxygen atoms in total. The van der Waals surface area contributed by atoms with E-state index in [1.54, 1.807) is 0 Å². The standard InChI is InChI=1S/C30H34O4/c31-29-17-24-13-7-8-14-25(24)19-30(29,32)26-15-16-27(33-20-22-9-3-1-4-10-22)28(18-26)34-21-23-11-5-2-6-12-23/h1-6,9-12,15-16,18,24-25,29,31-32H,7-8,13-14,17,19-21H2/t24-,25-,29+,30+/m1/s1. The molecule has 3 aromatic carbocycles. The van der Waals surface area contributed by atoms with E-state index in [9.17, 15) is 10.2 Å². The third-order valence-corrected chi connectivity index (χ3v) is 7.64. The van der Waals surface area contributed by atoms with Crippen LogP contribution in [-0.4, -0.2) is 16.3 Å². The van der Waals surface area contributed by atoms with Crippen LogP contribution in [-0.2, 0) is 18.8 Å². The van der Waals surface area contributed by atoms with Gasteiger partial charge in [0.1, 0.15) is 18.8 Å². The maximum Gasteiger partial charge on any atom is 0.162 e. The van der Waals surface area contributed by atoms with Crippen LogP contribution in [0.25, 0.3) is 0 Å². The summed E-state index contributed by atoms with van der Waals surface area (Å²) in [4.78, 5) is 0. The van der Waals surface area contributed by atoms with Crippen LogP contribution in [0.3, 0.4) is 0 Å². The average Bonchev–Trinajstić information content (AvgIpc) is 2.88. The van der Waals surface area contributed by atoms with E-state index < -0.39 is 11.7 Å². The first-order valence-corrected chi connectivity index (χ1v) is 12.5. The zero-order chi connectivity index (χ0) is 23.4. The highest BCUT2D eigenvalue weighted by atomic mass is 16.5. The van der Waals surface area contributed by atoms with Gasteiger partial charge < -0.3 is 19.7 Å². The monoisotopic (exact) mass is 458 g/mol. The van der Waals surface area contributed by atoms with Crippen LogP contribution in [0.2, 0.25) is 0 Å². The van der Waals surface area contributed by atoms with Crippen molar-refractivity contribution in [2.45, 2.75) is 63.4 Å². The number of aliphatic hydroxyl groups excluding tert-OH is 1. The van der Waals surface area contributed by atoms with Crippen molar-refractivity contribution in [2.24, 2.45) is 11.8 Å². The molecule has 4 heteroatoms. The molecule has 0 saturated heterocycles. The number of hydrogen-bond donors (Lipinski definition) is 2. The predicted octanol–water partition coefficient (Wildman–Crippen LogP) is 5.99. The molecule has 0 radical (unpaired) electrons. The van der Waals surface area contributed by atoms with Crippen LogP contribution in [0.5, 0.6) is 11.5 Å². The van der Waals surface area contributed by atoms with Crippen LogP contribution in [0.1, 0.15) is 55.2 Å². The van der Waals surface area contributed by atoms with Crippen molar-refractivity contribution < 1.29 is 19.7 Å². The summed E-state index contributed by atoms with van der Waals surface area (Å²) in [5, 5.41) is 22.7. The Bertz CT molecular complexity index is 1070. The Morgan fingerprint density at radius 3 is 1.97 bits per heavy atom. The van der Waals surface area contributed by atoms with E-state index in [4.69, 9.17) is 9.47 Å². The van der Waals surface area contributed by atoms with Gasteiger partial charge in [-0.2, -0.15) is 0 Å². The van der Waals surface area contributed by atoms with Gasteiger partial charge in [0.25, 0.3) is 0 Å². The van der Waals surface area contributed by atoms with Gasteiger partial charge in [-0.15, -0.1) is 0 Å². The van der Waals surface area contributed by atoms with Crippen molar-refractivity contribution in [2.75, 3.05) is 0 Å². The van der Waals surface area contributed by atoms with Crippen molar-refractivity contribution >= 4 is 0 Å². The van der Waals surface area contributed by atoms with Gasteiger partial charge in [-0.05, 0) is 53.5 Å². The van der Waals surface area contributed by atoms with Crippen LogP contribution in [0.15, 0.2) is 78.9 Å². The Morgan fingerprint density at radius 1 is 0.735 bits per heavy atom. The van der Waals surface area contributed by atoms with Gasteiger partial charge >= 0.3 is 0 Å². The summed E-state index contributed by atoms with van der Waals surface area (Å²) < 4.78 is 12.3. The Balaban J connectivity index is 1.41. The molecule has 178 valence electrons. The first-order chi connectivity index (χ1) is 16.6. The zero-order valence-electron chi connectivity index (χ0n) is 19.6. The van der Waals surface area contributed by atoms with E-state index in [0.29, 0.717) is 55.0 Å². The highest BCUT2D eigenvalue weighted by Crippen LogP contribution is 2.49. The summed E-state index contributed by atoms with van der Waals surface area (Å²) in [5.74, 6) is 2.20. The zero-order valence-corrected chi connectivity index (χ0v) is 19.6. The second kappa shape index (κ2) is 10.2. The molecule has 0 aliphatic heterocycles. The molecule has 4 atom stereocenters.